The van der Waals surface area contributed by atoms with Crippen molar-refractivity contribution in [1.29, 1.82) is 0 Å². The number of anilines is 1. The van der Waals surface area contributed by atoms with Crippen LogP contribution in [0, 0.1) is 5.82 Å². The highest BCUT2D eigenvalue weighted by molar-refractivity contribution is 5.95. The standard InChI is InChI=1S/C12H16FNO2/c1-3-4-5-8-6-9(13)11(10(14)7-8)12(15)16-2/h6-7H,3-5,14H2,1-2H3. The lowest BCUT2D eigenvalue weighted by Crippen LogP contribution is -2.09. The van der Waals surface area contributed by atoms with Gasteiger partial charge in [0.05, 0.1) is 7.11 Å². The molecule has 1 rings (SSSR count). The smallest absolute Gasteiger partial charge is 0.342 e. The Hall–Kier alpha value is -1.58. The van der Waals surface area contributed by atoms with Gasteiger partial charge in [0.15, 0.2) is 0 Å². The number of unbranched alkanes of at least 4 members (excludes halogenated alkanes) is 1. The van der Waals surface area contributed by atoms with Crippen molar-refractivity contribution in [3.8, 4) is 0 Å². The molecule has 0 amide bonds. The van der Waals surface area contributed by atoms with Crippen molar-refractivity contribution in [2.45, 2.75) is 26.2 Å². The zero-order valence-corrected chi connectivity index (χ0v) is 9.55. The summed E-state index contributed by atoms with van der Waals surface area (Å²) >= 11 is 0. The third-order valence-corrected chi connectivity index (χ3v) is 2.39. The molecule has 88 valence electrons. The lowest BCUT2D eigenvalue weighted by atomic mass is 10.0. The van der Waals surface area contributed by atoms with E-state index in [9.17, 15) is 9.18 Å². The lowest BCUT2D eigenvalue weighted by molar-refractivity contribution is 0.0597. The van der Waals surface area contributed by atoms with Crippen molar-refractivity contribution in [1.82, 2.24) is 0 Å². The first-order valence-electron chi connectivity index (χ1n) is 5.26. The first-order chi connectivity index (χ1) is 7.60. The number of hydrogen-bond acceptors (Lipinski definition) is 3. The van der Waals surface area contributed by atoms with Crippen molar-refractivity contribution in [3.05, 3.63) is 29.1 Å². The molecule has 0 aliphatic carbocycles. The van der Waals surface area contributed by atoms with Gasteiger partial charge in [0, 0.05) is 5.69 Å². The predicted octanol–water partition coefficient (Wildman–Crippen LogP) is 2.54. The molecule has 0 saturated carbocycles. The summed E-state index contributed by atoms with van der Waals surface area (Å²) < 4.78 is 18.1. The zero-order valence-electron chi connectivity index (χ0n) is 9.55. The third-order valence-electron chi connectivity index (χ3n) is 2.39. The highest BCUT2D eigenvalue weighted by Gasteiger charge is 2.16. The lowest BCUT2D eigenvalue weighted by Gasteiger charge is -2.08. The molecule has 4 heteroatoms. The van der Waals surface area contributed by atoms with Crippen LogP contribution in [0.1, 0.15) is 35.7 Å². The van der Waals surface area contributed by atoms with Crippen LogP contribution >= 0.6 is 0 Å². The summed E-state index contributed by atoms with van der Waals surface area (Å²) in [5.74, 6) is -1.35. The molecule has 0 unspecified atom stereocenters. The number of nitrogen functional groups attached to an aromatic ring is 1. The maximum atomic E-state index is 13.6. The van der Waals surface area contributed by atoms with E-state index < -0.39 is 11.8 Å². The Morgan fingerprint density at radius 2 is 2.19 bits per heavy atom. The number of hydrogen-bond donors (Lipinski definition) is 1. The molecular formula is C12H16FNO2. The van der Waals surface area contributed by atoms with Gasteiger partial charge in [-0.05, 0) is 30.5 Å². The summed E-state index contributed by atoms with van der Waals surface area (Å²) in [5, 5.41) is 0. The molecule has 0 atom stereocenters. The number of benzene rings is 1. The Labute approximate surface area is 94.4 Å². The van der Waals surface area contributed by atoms with E-state index in [1.54, 1.807) is 6.07 Å². The Balaban J connectivity index is 3.02. The number of aryl methyl sites for hydroxylation is 1. The number of nitrogens with two attached hydrogens (primary N) is 1. The molecule has 1 aromatic rings. The molecular weight excluding hydrogens is 209 g/mol. The first kappa shape index (κ1) is 12.5. The number of halogens is 1. The minimum Gasteiger partial charge on any atom is -0.465 e. The van der Waals surface area contributed by atoms with E-state index in [4.69, 9.17) is 5.73 Å². The highest BCUT2D eigenvalue weighted by atomic mass is 19.1. The molecule has 0 radical (unpaired) electrons. The van der Waals surface area contributed by atoms with Crippen LogP contribution in [0.2, 0.25) is 0 Å². The van der Waals surface area contributed by atoms with Crippen molar-refractivity contribution < 1.29 is 13.9 Å². The number of carbonyl (C=O) groups excluding carboxylic acids is 1. The van der Waals surface area contributed by atoms with Crippen LogP contribution in [0.5, 0.6) is 0 Å². The predicted molar refractivity (Wildman–Crippen MR) is 60.8 cm³/mol. The van der Waals surface area contributed by atoms with E-state index in [-0.39, 0.29) is 11.3 Å². The molecule has 0 aromatic heterocycles. The van der Waals surface area contributed by atoms with Gasteiger partial charge < -0.3 is 10.5 Å². The monoisotopic (exact) mass is 225 g/mol. The molecule has 0 fully saturated rings. The summed E-state index contributed by atoms with van der Waals surface area (Å²) in [6.45, 7) is 2.06. The Kier molecular flexibility index (Phi) is 4.28. The maximum absolute atomic E-state index is 13.6. The molecule has 0 bridgehead atoms. The molecule has 3 nitrogen and oxygen atoms in total. The van der Waals surface area contributed by atoms with Gasteiger partial charge in [-0.15, -0.1) is 0 Å². The minimum atomic E-state index is -0.739. The molecule has 1 aromatic carbocycles. The molecule has 0 aliphatic heterocycles. The molecule has 0 heterocycles. The number of rotatable bonds is 4. The van der Waals surface area contributed by atoms with E-state index in [2.05, 4.69) is 11.7 Å². The zero-order chi connectivity index (χ0) is 12.1. The second-order valence-electron chi connectivity index (χ2n) is 3.64. The van der Waals surface area contributed by atoms with Crippen LogP contribution in [0.3, 0.4) is 0 Å². The van der Waals surface area contributed by atoms with Gasteiger partial charge in [-0.1, -0.05) is 13.3 Å². The van der Waals surface area contributed by atoms with Gasteiger partial charge >= 0.3 is 5.97 Å². The summed E-state index contributed by atoms with van der Waals surface area (Å²) in [6.07, 6.45) is 2.76. The summed E-state index contributed by atoms with van der Waals surface area (Å²) in [4.78, 5) is 11.2. The van der Waals surface area contributed by atoms with Gasteiger partial charge in [0.25, 0.3) is 0 Å². The van der Waals surface area contributed by atoms with Crippen LogP contribution in [-0.4, -0.2) is 13.1 Å². The first-order valence-corrected chi connectivity index (χ1v) is 5.26. The maximum Gasteiger partial charge on any atom is 0.342 e. The molecule has 16 heavy (non-hydrogen) atoms. The van der Waals surface area contributed by atoms with E-state index in [1.807, 2.05) is 0 Å². The van der Waals surface area contributed by atoms with Crippen LogP contribution in [0.25, 0.3) is 0 Å². The van der Waals surface area contributed by atoms with Crippen molar-refractivity contribution in [2.24, 2.45) is 0 Å². The number of esters is 1. The van der Waals surface area contributed by atoms with Crippen LogP contribution in [0.15, 0.2) is 12.1 Å². The fourth-order valence-electron chi connectivity index (χ4n) is 1.53. The molecule has 2 N–H and O–H groups in total. The second-order valence-corrected chi connectivity index (χ2v) is 3.64. The van der Waals surface area contributed by atoms with Crippen LogP contribution in [0.4, 0.5) is 10.1 Å². The normalized spacial score (nSPS) is 10.2. The van der Waals surface area contributed by atoms with E-state index in [0.717, 1.165) is 24.8 Å². The van der Waals surface area contributed by atoms with Crippen molar-refractivity contribution >= 4 is 11.7 Å². The molecule has 0 saturated heterocycles. The SMILES string of the molecule is CCCCc1cc(N)c(C(=O)OC)c(F)c1. The Morgan fingerprint density at radius 1 is 1.50 bits per heavy atom. The van der Waals surface area contributed by atoms with Gasteiger partial charge in [0.2, 0.25) is 0 Å². The quantitative estimate of drug-likeness (QED) is 0.632. The second kappa shape index (κ2) is 5.49. The summed E-state index contributed by atoms with van der Waals surface area (Å²) in [5.41, 5.74) is 6.40. The topological polar surface area (TPSA) is 52.3 Å². The summed E-state index contributed by atoms with van der Waals surface area (Å²) in [6, 6.07) is 2.98. The average Bonchev–Trinajstić information content (AvgIpc) is 2.25. The highest BCUT2D eigenvalue weighted by Crippen LogP contribution is 2.20. The van der Waals surface area contributed by atoms with Gasteiger partial charge in [0.1, 0.15) is 11.4 Å². The van der Waals surface area contributed by atoms with Gasteiger partial charge in [-0.3, -0.25) is 0 Å². The fraction of sp³-hybridized carbons (Fsp3) is 0.417. The van der Waals surface area contributed by atoms with Crippen molar-refractivity contribution in [3.63, 3.8) is 0 Å². The van der Waals surface area contributed by atoms with Crippen LogP contribution < -0.4 is 5.73 Å². The van der Waals surface area contributed by atoms with E-state index in [0.29, 0.717) is 0 Å². The van der Waals surface area contributed by atoms with Crippen molar-refractivity contribution in [2.75, 3.05) is 12.8 Å². The average molecular weight is 225 g/mol. The minimum absolute atomic E-state index is 0.137. The fourth-order valence-corrected chi connectivity index (χ4v) is 1.53. The summed E-state index contributed by atoms with van der Waals surface area (Å²) in [7, 11) is 1.20. The van der Waals surface area contributed by atoms with Gasteiger partial charge in [-0.2, -0.15) is 0 Å². The van der Waals surface area contributed by atoms with Crippen LogP contribution in [-0.2, 0) is 11.2 Å². The molecule has 0 spiro atoms. The number of methoxy groups -OCH3 is 1. The van der Waals surface area contributed by atoms with E-state index >= 15 is 0 Å². The third kappa shape index (κ3) is 2.72. The number of ether oxygens (including phenoxy) is 1. The molecule has 0 aliphatic rings. The Bertz CT molecular complexity index is 368. The number of carbonyl (C=O) groups is 1. The van der Waals surface area contributed by atoms with E-state index in [1.165, 1.54) is 13.2 Å². The van der Waals surface area contributed by atoms with Gasteiger partial charge in [-0.25, -0.2) is 9.18 Å². The Morgan fingerprint density at radius 3 is 2.69 bits per heavy atom. The largest absolute Gasteiger partial charge is 0.465 e.